The number of urea groups is 1. The molecular formula is C6H12N2O. The number of carbonyl (C=O) groups excluding carboxylic acids is 1. The van der Waals surface area contributed by atoms with Crippen LogP contribution in [-0.2, 0) is 0 Å². The molecule has 0 spiro atoms. The van der Waals surface area contributed by atoms with Crippen LogP contribution in [0.1, 0.15) is 13.3 Å². The zero-order chi connectivity index (χ0) is 6.85. The van der Waals surface area contributed by atoms with Crippen LogP contribution in [0.5, 0.6) is 0 Å². The summed E-state index contributed by atoms with van der Waals surface area (Å²) in [5.41, 5.74) is 0. The summed E-state index contributed by atoms with van der Waals surface area (Å²) in [6.45, 7) is 2.88. The molecule has 1 N–H and O–H groups in total. The third kappa shape index (κ3) is 1.15. The van der Waals surface area contributed by atoms with E-state index in [2.05, 4.69) is 12.2 Å². The van der Waals surface area contributed by atoms with Crippen LogP contribution in [0.3, 0.4) is 0 Å². The lowest BCUT2D eigenvalue weighted by atomic mass is 10.2. The Morgan fingerprint density at radius 2 is 2.44 bits per heavy atom. The van der Waals surface area contributed by atoms with Gasteiger partial charge in [-0.05, 0) is 13.3 Å². The van der Waals surface area contributed by atoms with Crippen molar-refractivity contribution in [2.24, 2.45) is 0 Å². The van der Waals surface area contributed by atoms with Gasteiger partial charge in [0.1, 0.15) is 0 Å². The predicted octanol–water partition coefficient (Wildman–Crippen LogP) is 0.420. The second kappa shape index (κ2) is 2.25. The zero-order valence-electron chi connectivity index (χ0n) is 5.85. The smallest absolute Gasteiger partial charge is 0.317 e. The number of hydrogen-bond acceptors (Lipinski definition) is 1. The number of amides is 2. The first-order valence-electron chi connectivity index (χ1n) is 3.22. The number of nitrogens with one attached hydrogen (secondary N) is 1. The van der Waals surface area contributed by atoms with E-state index in [0.717, 1.165) is 13.0 Å². The lowest BCUT2D eigenvalue weighted by Gasteiger charge is -2.29. The number of hydrogen-bond donors (Lipinski definition) is 1. The van der Waals surface area contributed by atoms with Crippen LogP contribution in [0.4, 0.5) is 4.79 Å². The maximum absolute atomic E-state index is 10.8. The molecule has 0 aromatic heterocycles. The molecule has 2 amide bonds. The molecule has 0 unspecified atom stereocenters. The van der Waals surface area contributed by atoms with Gasteiger partial charge in [0.05, 0.1) is 0 Å². The van der Waals surface area contributed by atoms with Crippen molar-refractivity contribution in [1.82, 2.24) is 10.2 Å². The van der Waals surface area contributed by atoms with Crippen LogP contribution in [0, 0.1) is 0 Å². The molecule has 3 heteroatoms. The van der Waals surface area contributed by atoms with E-state index in [1.807, 2.05) is 7.05 Å². The van der Waals surface area contributed by atoms with Gasteiger partial charge in [-0.15, -0.1) is 0 Å². The molecule has 0 aromatic carbocycles. The summed E-state index contributed by atoms with van der Waals surface area (Å²) in [6, 6.07) is 0.451. The van der Waals surface area contributed by atoms with Crippen molar-refractivity contribution in [3.05, 3.63) is 0 Å². The van der Waals surface area contributed by atoms with Gasteiger partial charge < -0.3 is 10.2 Å². The molecule has 52 valence electrons. The van der Waals surface area contributed by atoms with Crippen molar-refractivity contribution in [2.75, 3.05) is 13.6 Å². The molecule has 0 radical (unpaired) electrons. The van der Waals surface area contributed by atoms with Crippen LogP contribution in [-0.4, -0.2) is 30.6 Å². The molecule has 0 saturated carbocycles. The quantitative estimate of drug-likeness (QED) is 0.504. The average Bonchev–Trinajstić information content (AvgIpc) is 1.83. The third-order valence-electron chi connectivity index (χ3n) is 1.82. The van der Waals surface area contributed by atoms with Crippen LogP contribution >= 0.6 is 0 Å². The molecule has 1 aliphatic rings. The second-order valence-corrected chi connectivity index (χ2v) is 2.48. The fourth-order valence-corrected chi connectivity index (χ4v) is 0.907. The third-order valence-corrected chi connectivity index (χ3v) is 1.82. The summed E-state index contributed by atoms with van der Waals surface area (Å²) in [6.07, 6.45) is 1.06. The Kier molecular flexibility index (Phi) is 1.60. The van der Waals surface area contributed by atoms with Gasteiger partial charge in [0.2, 0.25) is 0 Å². The van der Waals surface area contributed by atoms with E-state index in [1.165, 1.54) is 0 Å². The van der Waals surface area contributed by atoms with Gasteiger partial charge in [-0.2, -0.15) is 0 Å². The van der Waals surface area contributed by atoms with Crippen molar-refractivity contribution >= 4 is 6.03 Å². The Bertz CT molecular complexity index is 124. The summed E-state index contributed by atoms with van der Waals surface area (Å²) < 4.78 is 0. The van der Waals surface area contributed by atoms with Gasteiger partial charge in [0, 0.05) is 19.6 Å². The van der Waals surface area contributed by atoms with Gasteiger partial charge in [0.25, 0.3) is 0 Å². The van der Waals surface area contributed by atoms with Crippen molar-refractivity contribution in [2.45, 2.75) is 19.4 Å². The minimum atomic E-state index is 0.0498. The molecule has 1 aliphatic heterocycles. The summed E-state index contributed by atoms with van der Waals surface area (Å²) in [5, 5.41) is 2.75. The van der Waals surface area contributed by atoms with Crippen molar-refractivity contribution in [3.63, 3.8) is 0 Å². The van der Waals surface area contributed by atoms with Crippen LogP contribution in [0.25, 0.3) is 0 Å². The number of rotatable bonds is 0. The highest BCUT2D eigenvalue weighted by molar-refractivity contribution is 5.74. The second-order valence-electron chi connectivity index (χ2n) is 2.48. The normalized spacial score (nSPS) is 28.0. The van der Waals surface area contributed by atoms with Crippen molar-refractivity contribution in [3.8, 4) is 0 Å². The van der Waals surface area contributed by atoms with Gasteiger partial charge in [-0.3, -0.25) is 0 Å². The van der Waals surface area contributed by atoms with Crippen LogP contribution in [0.2, 0.25) is 0 Å². The first kappa shape index (κ1) is 6.39. The molecule has 1 heterocycles. The molecule has 3 nitrogen and oxygen atoms in total. The van der Waals surface area contributed by atoms with Gasteiger partial charge in [0.15, 0.2) is 0 Å². The first-order valence-corrected chi connectivity index (χ1v) is 3.22. The Balaban J connectivity index is 2.51. The largest absolute Gasteiger partial charge is 0.338 e. The first-order chi connectivity index (χ1) is 4.22. The highest BCUT2D eigenvalue weighted by Gasteiger charge is 2.19. The maximum Gasteiger partial charge on any atom is 0.317 e. The van der Waals surface area contributed by atoms with E-state index in [4.69, 9.17) is 0 Å². The molecule has 9 heavy (non-hydrogen) atoms. The standard InChI is InChI=1S/C6H12N2O/c1-5-3-4-7-6(9)8(5)2/h5H,3-4H2,1-2H3,(H,7,9)/t5-/m1/s1. The Morgan fingerprint density at radius 1 is 1.78 bits per heavy atom. The van der Waals surface area contributed by atoms with Gasteiger partial charge in [-0.25, -0.2) is 4.79 Å². The summed E-state index contributed by atoms with van der Waals surface area (Å²) in [5.74, 6) is 0. The molecule has 1 atom stereocenters. The van der Waals surface area contributed by atoms with Crippen molar-refractivity contribution in [1.29, 1.82) is 0 Å². The zero-order valence-corrected chi connectivity index (χ0v) is 5.85. The van der Waals surface area contributed by atoms with Gasteiger partial charge in [-0.1, -0.05) is 0 Å². The van der Waals surface area contributed by atoms with Gasteiger partial charge >= 0.3 is 6.03 Å². The Hall–Kier alpha value is -0.730. The van der Waals surface area contributed by atoms with E-state index < -0.39 is 0 Å². The molecular weight excluding hydrogens is 116 g/mol. The fourth-order valence-electron chi connectivity index (χ4n) is 0.907. The van der Waals surface area contributed by atoms with Crippen molar-refractivity contribution < 1.29 is 4.79 Å². The minimum absolute atomic E-state index is 0.0498. The lowest BCUT2D eigenvalue weighted by Crippen LogP contribution is -2.48. The summed E-state index contributed by atoms with van der Waals surface area (Å²) >= 11 is 0. The Labute approximate surface area is 55.0 Å². The predicted molar refractivity (Wildman–Crippen MR) is 35.2 cm³/mol. The summed E-state index contributed by atoms with van der Waals surface area (Å²) in [4.78, 5) is 12.5. The lowest BCUT2D eigenvalue weighted by molar-refractivity contribution is 0.177. The van der Waals surface area contributed by atoms with E-state index >= 15 is 0 Å². The van der Waals surface area contributed by atoms with E-state index in [0.29, 0.717) is 6.04 Å². The highest BCUT2D eigenvalue weighted by Crippen LogP contribution is 2.04. The van der Waals surface area contributed by atoms with E-state index in [-0.39, 0.29) is 6.03 Å². The summed E-state index contributed by atoms with van der Waals surface area (Å²) in [7, 11) is 1.82. The molecule has 1 rings (SSSR count). The molecule has 0 bridgehead atoms. The monoisotopic (exact) mass is 128 g/mol. The molecule has 1 saturated heterocycles. The number of nitrogens with zero attached hydrogens (tertiary/aromatic N) is 1. The topological polar surface area (TPSA) is 32.3 Å². The van der Waals surface area contributed by atoms with E-state index in [9.17, 15) is 4.79 Å². The fraction of sp³-hybridized carbons (Fsp3) is 0.833. The molecule has 0 aromatic rings. The highest BCUT2D eigenvalue weighted by atomic mass is 16.2. The Morgan fingerprint density at radius 3 is 2.89 bits per heavy atom. The molecule has 0 aliphatic carbocycles. The average molecular weight is 128 g/mol. The van der Waals surface area contributed by atoms with E-state index in [1.54, 1.807) is 4.90 Å². The maximum atomic E-state index is 10.8. The van der Waals surface area contributed by atoms with Crippen LogP contribution in [0.15, 0.2) is 0 Å². The SMILES string of the molecule is C[C@@H]1CCNC(=O)N1C. The number of carbonyl (C=O) groups is 1. The minimum Gasteiger partial charge on any atom is -0.338 e. The molecule has 1 fully saturated rings. The van der Waals surface area contributed by atoms with Crippen LogP contribution < -0.4 is 5.32 Å².